The first kappa shape index (κ1) is 23.6. The number of aromatic nitrogens is 5. The summed E-state index contributed by atoms with van der Waals surface area (Å²) in [5.41, 5.74) is 5.34. The molecule has 11 nitrogen and oxygen atoms in total. The van der Waals surface area contributed by atoms with Gasteiger partial charge in [-0.25, -0.2) is 14.4 Å². The Morgan fingerprint density at radius 3 is 2.76 bits per heavy atom. The molecule has 1 amide bonds. The minimum atomic E-state index is -1.34. The molecule has 0 saturated carbocycles. The molecule has 0 unspecified atom stereocenters. The molecule has 1 aliphatic heterocycles. The minimum absolute atomic E-state index is 0.0415. The number of nitrogens with zero attached hydrogens (tertiary/aromatic N) is 6. The zero-order chi connectivity index (χ0) is 24.6. The van der Waals surface area contributed by atoms with Gasteiger partial charge < -0.3 is 26.4 Å². The SMILES string of the molecule is CC(C)n1nc(NC(C)(C)C(N)=O)c2cnc(Nc3ccnc(N4CC[C@H](O)[C@H](F)C4)n3)cc21. The van der Waals surface area contributed by atoms with Crippen LogP contribution >= 0.6 is 0 Å². The number of hydrogen-bond donors (Lipinski definition) is 4. The van der Waals surface area contributed by atoms with E-state index in [4.69, 9.17) is 5.73 Å². The summed E-state index contributed by atoms with van der Waals surface area (Å²) >= 11 is 0. The van der Waals surface area contributed by atoms with Gasteiger partial charge in [-0.2, -0.15) is 10.1 Å². The third-order valence-corrected chi connectivity index (χ3v) is 5.82. The van der Waals surface area contributed by atoms with Gasteiger partial charge in [0.1, 0.15) is 23.3 Å². The molecule has 1 saturated heterocycles. The molecule has 0 radical (unpaired) electrons. The van der Waals surface area contributed by atoms with E-state index in [-0.39, 0.29) is 12.6 Å². The summed E-state index contributed by atoms with van der Waals surface area (Å²) in [6, 6.07) is 3.60. The molecule has 0 aromatic carbocycles. The predicted octanol–water partition coefficient (Wildman–Crippen LogP) is 2.13. The summed E-state index contributed by atoms with van der Waals surface area (Å²) < 4.78 is 15.8. The highest BCUT2D eigenvalue weighted by atomic mass is 19.1. The van der Waals surface area contributed by atoms with Gasteiger partial charge in [-0.05, 0) is 40.2 Å². The van der Waals surface area contributed by atoms with Gasteiger partial charge in [0.25, 0.3) is 0 Å². The van der Waals surface area contributed by atoms with E-state index in [1.807, 2.05) is 24.6 Å². The molecule has 1 fully saturated rings. The average Bonchev–Trinajstić information content (AvgIpc) is 3.13. The van der Waals surface area contributed by atoms with Gasteiger partial charge in [-0.3, -0.25) is 9.48 Å². The van der Waals surface area contributed by atoms with Crippen molar-refractivity contribution < 1.29 is 14.3 Å². The highest BCUT2D eigenvalue weighted by Crippen LogP contribution is 2.29. The number of carbonyl (C=O) groups is 1. The second-order valence-electron chi connectivity index (χ2n) is 9.27. The van der Waals surface area contributed by atoms with Crippen molar-refractivity contribution in [1.29, 1.82) is 0 Å². The van der Waals surface area contributed by atoms with Gasteiger partial charge in [-0.1, -0.05) is 0 Å². The van der Waals surface area contributed by atoms with Gasteiger partial charge in [0, 0.05) is 31.0 Å². The lowest BCUT2D eigenvalue weighted by atomic mass is 10.1. The number of nitrogens with one attached hydrogen (secondary N) is 2. The number of nitrogens with two attached hydrogens (primary N) is 1. The number of primary amides is 1. The van der Waals surface area contributed by atoms with E-state index in [0.717, 1.165) is 10.9 Å². The van der Waals surface area contributed by atoms with Crippen LogP contribution in [-0.4, -0.2) is 66.7 Å². The monoisotopic (exact) mass is 471 g/mol. The second-order valence-corrected chi connectivity index (χ2v) is 9.27. The summed E-state index contributed by atoms with van der Waals surface area (Å²) in [5.74, 6) is 1.45. The number of pyridine rings is 1. The predicted molar refractivity (Wildman–Crippen MR) is 128 cm³/mol. The fourth-order valence-corrected chi connectivity index (χ4v) is 3.72. The molecule has 1 aliphatic rings. The lowest BCUT2D eigenvalue weighted by Crippen LogP contribution is -2.45. The summed E-state index contributed by atoms with van der Waals surface area (Å²) in [6.07, 6.45) is 1.30. The number of rotatable bonds is 7. The van der Waals surface area contributed by atoms with E-state index in [0.29, 0.717) is 36.4 Å². The van der Waals surface area contributed by atoms with Crippen LogP contribution in [0.1, 0.15) is 40.2 Å². The van der Waals surface area contributed by atoms with Crippen molar-refractivity contribution in [2.45, 2.75) is 58.0 Å². The average molecular weight is 472 g/mol. The Bertz CT molecular complexity index is 1200. The molecule has 2 atom stereocenters. The summed E-state index contributed by atoms with van der Waals surface area (Å²) in [7, 11) is 0. The number of aliphatic hydroxyl groups is 1. The van der Waals surface area contributed by atoms with Crippen molar-refractivity contribution in [2.24, 2.45) is 5.73 Å². The molecule has 0 aliphatic carbocycles. The number of fused-ring (bicyclic) bond motifs is 1. The Morgan fingerprint density at radius 1 is 1.32 bits per heavy atom. The van der Waals surface area contributed by atoms with Gasteiger partial charge in [0.2, 0.25) is 11.9 Å². The van der Waals surface area contributed by atoms with E-state index in [1.54, 1.807) is 37.2 Å². The highest BCUT2D eigenvalue weighted by molar-refractivity contribution is 5.94. The maximum Gasteiger partial charge on any atom is 0.242 e. The lowest BCUT2D eigenvalue weighted by Gasteiger charge is -2.32. The Balaban J connectivity index is 1.61. The van der Waals surface area contributed by atoms with Crippen LogP contribution in [0.4, 0.5) is 27.8 Å². The van der Waals surface area contributed by atoms with Crippen LogP contribution in [0, 0.1) is 0 Å². The highest BCUT2D eigenvalue weighted by Gasteiger charge is 2.29. The maximum absolute atomic E-state index is 13.9. The van der Waals surface area contributed by atoms with E-state index in [9.17, 15) is 14.3 Å². The number of aliphatic hydroxyl groups excluding tert-OH is 1. The van der Waals surface area contributed by atoms with Gasteiger partial charge in [0.05, 0.1) is 23.6 Å². The van der Waals surface area contributed by atoms with Crippen LogP contribution in [0.25, 0.3) is 10.9 Å². The first-order chi connectivity index (χ1) is 16.0. The molecule has 5 N–H and O–H groups in total. The zero-order valence-corrected chi connectivity index (χ0v) is 19.7. The molecule has 4 heterocycles. The number of alkyl halides is 1. The normalized spacial score (nSPS) is 19.0. The Labute approximate surface area is 196 Å². The summed E-state index contributed by atoms with van der Waals surface area (Å²) in [5, 5.41) is 21.3. The number of hydrogen-bond acceptors (Lipinski definition) is 9. The fraction of sp³-hybridized carbons (Fsp3) is 0.500. The van der Waals surface area contributed by atoms with Crippen molar-refractivity contribution in [3.63, 3.8) is 0 Å². The topological polar surface area (TPSA) is 147 Å². The first-order valence-corrected chi connectivity index (χ1v) is 11.2. The molecule has 12 heteroatoms. The van der Waals surface area contributed by atoms with Crippen molar-refractivity contribution in [2.75, 3.05) is 28.6 Å². The molecule has 0 spiro atoms. The van der Waals surface area contributed by atoms with Crippen LogP contribution in [0.15, 0.2) is 24.5 Å². The van der Waals surface area contributed by atoms with Crippen molar-refractivity contribution >= 4 is 40.2 Å². The van der Waals surface area contributed by atoms with E-state index in [2.05, 4.69) is 30.7 Å². The summed E-state index contributed by atoms with van der Waals surface area (Å²) in [4.78, 5) is 26.7. The Kier molecular flexibility index (Phi) is 6.26. The first-order valence-electron chi connectivity index (χ1n) is 11.2. The van der Waals surface area contributed by atoms with Crippen LogP contribution in [-0.2, 0) is 4.79 Å². The van der Waals surface area contributed by atoms with Crippen LogP contribution in [0.2, 0.25) is 0 Å². The van der Waals surface area contributed by atoms with Crippen LogP contribution < -0.4 is 21.3 Å². The number of halogens is 1. The minimum Gasteiger partial charge on any atom is -0.390 e. The van der Waals surface area contributed by atoms with E-state index >= 15 is 0 Å². The molecule has 34 heavy (non-hydrogen) atoms. The molecule has 4 rings (SSSR count). The van der Waals surface area contributed by atoms with Crippen LogP contribution in [0.5, 0.6) is 0 Å². The Hall–Kier alpha value is -3.54. The lowest BCUT2D eigenvalue weighted by molar-refractivity contribution is -0.121. The quantitative estimate of drug-likeness (QED) is 0.407. The summed E-state index contributed by atoms with van der Waals surface area (Å²) in [6.45, 7) is 7.92. The molecular formula is C22H30FN9O2. The van der Waals surface area contributed by atoms with Crippen molar-refractivity contribution in [3.8, 4) is 0 Å². The number of anilines is 4. The van der Waals surface area contributed by atoms with E-state index < -0.39 is 23.7 Å². The third-order valence-electron chi connectivity index (χ3n) is 5.82. The van der Waals surface area contributed by atoms with Crippen molar-refractivity contribution in [1.82, 2.24) is 24.7 Å². The standard InChI is InChI=1S/C22H30FN9O2/c1-12(2)32-15-9-18(26-10-13(15)19(30-32)29-22(3,4)20(24)34)27-17-5-7-25-21(28-17)31-8-6-16(33)14(23)11-31/h5,7,9-10,12,14,16,33H,6,8,11H2,1-4H3,(H2,24,34)(H,29,30)(H,25,26,27,28)/t14-,16+/m1/s1. The number of amides is 1. The fourth-order valence-electron chi connectivity index (χ4n) is 3.72. The molecule has 3 aromatic rings. The van der Waals surface area contributed by atoms with Gasteiger partial charge in [0.15, 0.2) is 5.82 Å². The number of carbonyl (C=O) groups excluding carboxylic acids is 1. The molecule has 0 bridgehead atoms. The molecule has 3 aromatic heterocycles. The second kappa shape index (κ2) is 9.01. The zero-order valence-electron chi connectivity index (χ0n) is 19.7. The van der Waals surface area contributed by atoms with Crippen molar-refractivity contribution in [3.05, 3.63) is 24.5 Å². The smallest absolute Gasteiger partial charge is 0.242 e. The Morgan fingerprint density at radius 2 is 2.09 bits per heavy atom. The van der Waals surface area contributed by atoms with Crippen LogP contribution in [0.3, 0.4) is 0 Å². The molecular weight excluding hydrogens is 441 g/mol. The van der Waals surface area contributed by atoms with E-state index in [1.165, 1.54) is 0 Å². The van der Waals surface area contributed by atoms with Gasteiger partial charge >= 0.3 is 0 Å². The van der Waals surface area contributed by atoms with Gasteiger partial charge in [-0.15, -0.1) is 0 Å². The number of piperidine rings is 1. The largest absolute Gasteiger partial charge is 0.390 e. The molecule has 182 valence electrons. The third kappa shape index (κ3) is 4.72. The maximum atomic E-state index is 13.9.